The van der Waals surface area contributed by atoms with Gasteiger partial charge in [0.2, 0.25) is 0 Å². The molecule has 1 aliphatic rings. The third-order valence-corrected chi connectivity index (χ3v) is 6.57. The lowest BCUT2D eigenvalue weighted by atomic mass is 10.1. The summed E-state index contributed by atoms with van der Waals surface area (Å²) in [6, 6.07) is 14.8. The van der Waals surface area contributed by atoms with Crippen molar-refractivity contribution < 1.29 is 9.53 Å². The summed E-state index contributed by atoms with van der Waals surface area (Å²) >= 11 is 5.01. The van der Waals surface area contributed by atoms with E-state index in [1.54, 1.807) is 29.2 Å². The number of thiazole rings is 1. The van der Waals surface area contributed by atoms with E-state index in [4.69, 9.17) is 15.0 Å². The van der Waals surface area contributed by atoms with E-state index in [2.05, 4.69) is 26.9 Å². The van der Waals surface area contributed by atoms with Gasteiger partial charge in [-0.1, -0.05) is 27.3 Å². The van der Waals surface area contributed by atoms with Crippen molar-refractivity contribution in [1.82, 2.24) is 9.88 Å². The van der Waals surface area contributed by atoms with Crippen LogP contribution in [-0.4, -0.2) is 55.2 Å². The Kier molecular flexibility index (Phi) is 8.41. The van der Waals surface area contributed by atoms with Crippen molar-refractivity contribution >= 4 is 60.9 Å². The van der Waals surface area contributed by atoms with Crippen LogP contribution in [0.5, 0.6) is 0 Å². The summed E-state index contributed by atoms with van der Waals surface area (Å²) < 4.78 is 7.43. The van der Waals surface area contributed by atoms with Gasteiger partial charge >= 0.3 is 0 Å². The number of aromatic nitrogens is 1. The van der Waals surface area contributed by atoms with Crippen molar-refractivity contribution in [1.29, 1.82) is 5.26 Å². The molecule has 0 radical (unpaired) electrons. The minimum absolute atomic E-state index is 0. The van der Waals surface area contributed by atoms with Crippen LogP contribution in [0.2, 0.25) is 0 Å². The predicted octanol–water partition coefficient (Wildman–Crippen LogP) is 4.72. The van der Waals surface area contributed by atoms with Gasteiger partial charge in [-0.15, -0.1) is 12.4 Å². The number of fused-ring (bicyclic) bond motifs is 1. The summed E-state index contributed by atoms with van der Waals surface area (Å²) in [5.74, 6) is -0.0976. The molecule has 0 saturated carbocycles. The van der Waals surface area contributed by atoms with E-state index < -0.39 is 0 Å². The summed E-state index contributed by atoms with van der Waals surface area (Å²) in [6.07, 6.45) is 0.849. The lowest BCUT2D eigenvalue weighted by Gasteiger charge is -2.27. The van der Waals surface area contributed by atoms with Crippen LogP contribution in [0.1, 0.15) is 22.3 Å². The van der Waals surface area contributed by atoms with Gasteiger partial charge in [0.25, 0.3) is 5.91 Å². The number of benzene rings is 2. The van der Waals surface area contributed by atoms with Gasteiger partial charge < -0.3 is 4.74 Å². The summed E-state index contributed by atoms with van der Waals surface area (Å²) in [7, 11) is 0. The second-order valence-electron chi connectivity index (χ2n) is 7.06. The number of halogens is 2. The number of amides is 1. The lowest BCUT2D eigenvalue weighted by molar-refractivity contribution is 0.0376. The van der Waals surface area contributed by atoms with E-state index in [-0.39, 0.29) is 18.3 Å². The Morgan fingerprint density at radius 3 is 2.68 bits per heavy atom. The quantitative estimate of drug-likeness (QED) is 0.469. The number of morpholine rings is 1. The molecule has 9 heteroatoms. The zero-order chi connectivity index (χ0) is 20.9. The number of hydrogen-bond donors (Lipinski definition) is 0. The van der Waals surface area contributed by atoms with Crippen LogP contribution in [0.25, 0.3) is 10.2 Å². The van der Waals surface area contributed by atoms with Crippen LogP contribution in [0.4, 0.5) is 5.13 Å². The minimum atomic E-state index is -0.0976. The first-order valence-electron chi connectivity index (χ1n) is 9.82. The molecule has 0 bridgehead atoms. The summed E-state index contributed by atoms with van der Waals surface area (Å²) in [5.41, 5.74) is 1.97. The molecule has 1 saturated heterocycles. The Morgan fingerprint density at radius 1 is 1.23 bits per heavy atom. The second-order valence-corrected chi connectivity index (χ2v) is 8.99. The number of ether oxygens (including phenoxy) is 1. The number of carbonyl (C=O) groups excluding carboxylic acids is 1. The Bertz CT molecular complexity index is 1080. The molecule has 162 valence electrons. The second kappa shape index (κ2) is 11.0. The highest BCUT2D eigenvalue weighted by Gasteiger charge is 2.22. The van der Waals surface area contributed by atoms with Gasteiger partial charge in [0, 0.05) is 36.2 Å². The Balaban J connectivity index is 0.00000272. The van der Waals surface area contributed by atoms with Gasteiger partial charge in [0.1, 0.15) is 0 Å². The maximum absolute atomic E-state index is 13.3. The van der Waals surface area contributed by atoms with E-state index in [0.29, 0.717) is 22.8 Å². The summed E-state index contributed by atoms with van der Waals surface area (Å²) in [4.78, 5) is 22.2. The molecule has 4 rings (SSSR count). The molecule has 1 fully saturated rings. The SMILES string of the molecule is Cl.N#Cc1ccc(C(=O)N(CCCN2CCOCC2)c2nc3ccc(Br)cc3s2)cc1. The molecule has 31 heavy (non-hydrogen) atoms. The fourth-order valence-corrected chi connectivity index (χ4v) is 4.95. The molecule has 3 aromatic rings. The van der Waals surface area contributed by atoms with Crippen molar-refractivity contribution in [2.75, 3.05) is 44.3 Å². The molecule has 2 aromatic carbocycles. The molecule has 2 heterocycles. The maximum Gasteiger partial charge on any atom is 0.260 e. The highest BCUT2D eigenvalue weighted by Crippen LogP contribution is 2.31. The van der Waals surface area contributed by atoms with Gasteiger partial charge in [0.05, 0.1) is 35.1 Å². The Hall–Kier alpha value is -2.02. The molecular formula is C22H22BrClN4O2S. The van der Waals surface area contributed by atoms with E-state index in [9.17, 15) is 4.79 Å². The van der Waals surface area contributed by atoms with Crippen LogP contribution in [-0.2, 0) is 4.74 Å². The Morgan fingerprint density at radius 2 is 1.97 bits per heavy atom. The van der Waals surface area contributed by atoms with E-state index in [0.717, 1.165) is 54.0 Å². The largest absolute Gasteiger partial charge is 0.379 e. The van der Waals surface area contributed by atoms with Gasteiger partial charge in [-0.2, -0.15) is 5.26 Å². The minimum Gasteiger partial charge on any atom is -0.379 e. The average Bonchev–Trinajstić information content (AvgIpc) is 3.20. The number of nitrogens with zero attached hydrogens (tertiary/aromatic N) is 4. The fourth-order valence-electron chi connectivity index (χ4n) is 3.41. The zero-order valence-corrected chi connectivity index (χ0v) is 20.0. The average molecular weight is 522 g/mol. The predicted molar refractivity (Wildman–Crippen MR) is 129 cm³/mol. The first kappa shape index (κ1) is 23.6. The number of rotatable bonds is 6. The zero-order valence-electron chi connectivity index (χ0n) is 16.8. The highest BCUT2D eigenvalue weighted by atomic mass is 79.9. The molecule has 1 aliphatic heterocycles. The van der Waals surface area contributed by atoms with Crippen molar-refractivity contribution in [3.8, 4) is 6.07 Å². The fraction of sp³-hybridized carbons (Fsp3) is 0.318. The summed E-state index contributed by atoms with van der Waals surface area (Å²) in [6.45, 7) is 4.88. The monoisotopic (exact) mass is 520 g/mol. The van der Waals surface area contributed by atoms with Gasteiger partial charge in [-0.25, -0.2) is 4.98 Å². The molecular weight excluding hydrogens is 500 g/mol. The van der Waals surface area contributed by atoms with Crippen LogP contribution in [0, 0.1) is 11.3 Å². The molecule has 0 atom stereocenters. The molecule has 0 spiro atoms. The standard InChI is InChI=1S/C22H21BrN4O2S.ClH/c23-18-6-7-19-20(14-18)30-22(25-19)27(9-1-8-26-10-12-29-13-11-26)21(28)17-4-2-16(15-24)3-5-17;/h2-7,14H,1,8-13H2;1H. The number of hydrogen-bond acceptors (Lipinski definition) is 6. The van der Waals surface area contributed by atoms with E-state index >= 15 is 0 Å². The third-order valence-electron chi connectivity index (χ3n) is 5.04. The normalized spacial score (nSPS) is 14.1. The van der Waals surface area contributed by atoms with Crippen LogP contribution in [0.3, 0.4) is 0 Å². The van der Waals surface area contributed by atoms with Crippen molar-refractivity contribution in [3.05, 3.63) is 58.1 Å². The number of nitriles is 1. The molecule has 6 nitrogen and oxygen atoms in total. The molecule has 0 aliphatic carbocycles. The molecule has 0 unspecified atom stereocenters. The van der Waals surface area contributed by atoms with Crippen LogP contribution in [0.15, 0.2) is 46.9 Å². The summed E-state index contributed by atoms with van der Waals surface area (Å²) in [5, 5.41) is 9.72. The van der Waals surface area contributed by atoms with Gasteiger partial charge in [0.15, 0.2) is 5.13 Å². The third kappa shape index (κ3) is 5.82. The van der Waals surface area contributed by atoms with Crippen LogP contribution >= 0.6 is 39.7 Å². The molecule has 0 N–H and O–H groups in total. The van der Waals surface area contributed by atoms with E-state index in [1.165, 1.54) is 11.3 Å². The number of carbonyl (C=O) groups is 1. The lowest BCUT2D eigenvalue weighted by Crippen LogP contribution is -2.39. The van der Waals surface area contributed by atoms with Crippen molar-refractivity contribution in [3.63, 3.8) is 0 Å². The van der Waals surface area contributed by atoms with Gasteiger partial charge in [-0.05, 0) is 48.9 Å². The van der Waals surface area contributed by atoms with Gasteiger partial charge in [-0.3, -0.25) is 14.6 Å². The smallest absolute Gasteiger partial charge is 0.260 e. The van der Waals surface area contributed by atoms with Crippen molar-refractivity contribution in [2.45, 2.75) is 6.42 Å². The number of anilines is 1. The highest BCUT2D eigenvalue weighted by molar-refractivity contribution is 9.10. The molecule has 1 amide bonds. The van der Waals surface area contributed by atoms with E-state index in [1.807, 2.05) is 18.2 Å². The topological polar surface area (TPSA) is 69.5 Å². The Labute approximate surface area is 200 Å². The first-order valence-corrected chi connectivity index (χ1v) is 11.4. The van der Waals surface area contributed by atoms with Crippen LogP contribution < -0.4 is 4.90 Å². The van der Waals surface area contributed by atoms with Crippen molar-refractivity contribution in [2.24, 2.45) is 0 Å². The first-order chi connectivity index (χ1) is 14.6. The maximum atomic E-state index is 13.3. The molecule has 1 aromatic heterocycles.